The lowest BCUT2D eigenvalue weighted by atomic mass is 10.0. The fourth-order valence-electron chi connectivity index (χ4n) is 8.12. The molecule has 5 rings (SSSR count). The molecule has 1 aliphatic heterocycles. The van der Waals surface area contributed by atoms with Crippen molar-refractivity contribution >= 4 is 64.2 Å². The van der Waals surface area contributed by atoms with Gasteiger partial charge in [-0.05, 0) is 49.3 Å². The first kappa shape index (κ1) is 55.1. The number of fused-ring (bicyclic) bond motifs is 1. The molecule has 2 aromatic heterocycles. The Hall–Kier alpha value is -7.86. The molecule has 1 fully saturated rings. The topological polar surface area (TPSA) is 382 Å². The predicted octanol–water partition coefficient (Wildman–Crippen LogP) is -1.64. The third-order valence-corrected chi connectivity index (χ3v) is 11.9. The van der Waals surface area contributed by atoms with Crippen LogP contribution in [0, 0.1) is 0 Å². The van der Waals surface area contributed by atoms with Crippen molar-refractivity contribution in [1.29, 1.82) is 0 Å². The van der Waals surface area contributed by atoms with Gasteiger partial charge in [-0.1, -0.05) is 68.3 Å². The Morgan fingerprint density at radius 1 is 0.875 bits per heavy atom. The molecule has 2 aromatic carbocycles. The summed E-state index contributed by atoms with van der Waals surface area (Å²) in [6.45, 7) is 2.60. The summed E-state index contributed by atoms with van der Waals surface area (Å²) in [4.78, 5) is 124. The summed E-state index contributed by atoms with van der Waals surface area (Å²) < 4.78 is 0. The average Bonchev–Trinajstić information content (AvgIpc) is 4.02. The van der Waals surface area contributed by atoms with Gasteiger partial charge in [-0.2, -0.15) is 0 Å². The number of amides is 7. The molecule has 0 saturated carbocycles. The molecule has 388 valence electrons. The molecule has 0 bridgehead atoms. The van der Waals surface area contributed by atoms with Crippen molar-refractivity contribution < 1.29 is 48.6 Å². The number of carboxylic acid groups (broad SMARTS) is 1. The number of carbonyl (C=O) groups is 8. The number of guanidine groups is 1. The first-order valence-electron chi connectivity index (χ1n) is 23.8. The number of aliphatic imine (C=N–C) groups is 1. The highest BCUT2D eigenvalue weighted by atomic mass is 16.4. The molecule has 7 amide bonds. The van der Waals surface area contributed by atoms with Gasteiger partial charge in [0.25, 0.3) is 0 Å². The van der Waals surface area contributed by atoms with Crippen LogP contribution in [0.4, 0.5) is 0 Å². The van der Waals surface area contributed by atoms with Gasteiger partial charge in [0.15, 0.2) is 5.96 Å². The Kier molecular flexibility index (Phi) is 21.0. The van der Waals surface area contributed by atoms with E-state index in [2.05, 4.69) is 62.5 Å². The summed E-state index contributed by atoms with van der Waals surface area (Å²) in [5.41, 5.74) is 13.5. The van der Waals surface area contributed by atoms with Crippen molar-refractivity contribution in [3.63, 3.8) is 0 Å². The summed E-state index contributed by atoms with van der Waals surface area (Å²) >= 11 is 0. The molecule has 72 heavy (non-hydrogen) atoms. The van der Waals surface area contributed by atoms with E-state index in [1.165, 1.54) is 19.4 Å². The Morgan fingerprint density at radius 2 is 1.61 bits per heavy atom. The van der Waals surface area contributed by atoms with E-state index in [9.17, 15) is 48.6 Å². The Bertz CT molecular complexity index is 2500. The molecule has 16 N–H and O–H groups in total. The zero-order chi connectivity index (χ0) is 52.2. The maximum absolute atomic E-state index is 14.5. The van der Waals surface area contributed by atoms with Crippen LogP contribution in [0.5, 0.6) is 0 Å². The number of carbonyl (C=O) groups excluding carboxylic acids is 7. The molecule has 24 nitrogen and oxygen atoms in total. The zero-order valence-electron chi connectivity index (χ0n) is 40.2. The van der Waals surface area contributed by atoms with E-state index in [0.717, 1.165) is 10.9 Å². The van der Waals surface area contributed by atoms with E-state index < -0.39 is 109 Å². The predicted molar refractivity (Wildman–Crippen MR) is 264 cm³/mol. The van der Waals surface area contributed by atoms with E-state index in [4.69, 9.17) is 11.5 Å². The number of rotatable bonds is 19. The summed E-state index contributed by atoms with van der Waals surface area (Å²) in [7, 11) is 0. The van der Waals surface area contributed by atoms with Crippen molar-refractivity contribution in [2.45, 2.75) is 127 Å². The number of aliphatic hydroxyl groups is 1. The van der Waals surface area contributed by atoms with Crippen LogP contribution in [0.25, 0.3) is 10.9 Å². The quantitative estimate of drug-likeness (QED) is 0.0285. The zero-order valence-corrected chi connectivity index (χ0v) is 40.2. The van der Waals surface area contributed by atoms with Crippen LogP contribution in [0.2, 0.25) is 0 Å². The van der Waals surface area contributed by atoms with Gasteiger partial charge in [-0.25, -0.2) is 9.78 Å². The van der Waals surface area contributed by atoms with Gasteiger partial charge in [0, 0.05) is 68.3 Å². The fraction of sp³-hybridized carbons (Fsp3) is 0.458. The second-order valence-corrected chi connectivity index (χ2v) is 17.6. The van der Waals surface area contributed by atoms with Gasteiger partial charge in [0.05, 0.1) is 18.4 Å². The van der Waals surface area contributed by atoms with Crippen molar-refractivity contribution in [2.24, 2.45) is 16.5 Å². The number of imidazole rings is 1. The molecular formula is C48H66N14O10. The van der Waals surface area contributed by atoms with Crippen LogP contribution < -0.4 is 54.0 Å². The average molecular weight is 999 g/mol. The summed E-state index contributed by atoms with van der Waals surface area (Å²) in [6.07, 6.45) is 3.30. The summed E-state index contributed by atoms with van der Waals surface area (Å²) in [5.74, 6) is -7.04. The molecule has 24 heteroatoms. The summed E-state index contributed by atoms with van der Waals surface area (Å²) in [5, 5.41) is 44.3. The van der Waals surface area contributed by atoms with E-state index in [1.807, 2.05) is 6.92 Å². The minimum absolute atomic E-state index is 0.0398. The Labute approximate surface area is 415 Å². The van der Waals surface area contributed by atoms with E-state index in [-0.39, 0.29) is 57.5 Å². The van der Waals surface area contributed by atoms with Crippen molar-refractivity contribution in [1.82, 2.24) is 57.5 Å². The van der Waals surface area contributed by atoms with Gasteiger partial charge >= 0.3 is 5.97 Å². The number of aromatic amines is 2. The van der Waals surface area contributed by atoms with Gasteiger partial charge in [0.2, 0.25) is 41.4 Å². The second-order valence-electron chi connectivity index (χ2n) is 17.6. The molecule has 0 spiro atoms. The lowest BCUT2D eigenvalue weighted by molar-refractivity contribution is -0.142. The largest absolute Gasteiger partial charge is 0.480 e. The molecule has 8 unspecified atom stereocenters. The Balaban J connectivity index is 1.52. The highest BCUT2D eigenvalue weighted by Gasteiger charge is 2.35. The number of para-hydroxylation sites is 1. The first-order chi connectivity index (χ1) is 34.5. The number of aliphatic hydroxyl groups excluding tert-OH is 1. The van der Waals surface area contributed by atoms with Gasteiger partial charge in [0.1, 0.15) is 36.4 Å². The number of H-pyrrole nitrogens is 2. The maximum Gasteiger partial charge on any atom is 0.326 e. The van der Waals surface area contributed by atoms with Crippen LogP contribution in [-0.2, 0) is 57.6 Å². The first-order valence-corrected chi connectivity index (χ1v) is 23.8. The maximum atomic E-state index is 14.5. The van der Waals surface area contributed by atoms with Crippen LogP contribution in [0.15, 0.2) is 78.3 Å². The minimum atomic E-state index is -1.69. The van der Waals surface area contributed by atoms with Crippen molar-refractivity contribution in [2.75, 3.05) is 13.1 Å². The second kappa shape index (κ2) is 27.5. The lowest BCUT2D eigenvalue weighted by Crippen LogP contribution is -2.62. The number of aromatic nitrogens is 3. The monoisotopic (exact) mass is 999 g/mol. The highest BCUT2D eigenvalue weighted by Crippen LogP contribution is 2.19. The molecule has 4 aromatic rings. The van der Waals surface area contributed by atoms with Crippen LogP contribution in [-0.4, -0.2) is 140 Å². The standard InChI is InChI=1S/C48H66N14O10/c1-3-4-14-33(56-27(2)63)41(65)58-35-17-18-40(64)54-25-39(46(70)61-38(47(71)72)21-29-23-53-32-15-9-8-13-31(29)32)62-42(66)34(16-10-19-52-48(49)50)57-44(68)36(20-28-11-6-5-7-12-28)59-45(69)37(60-43(35)67)22-30-24-51-26-55-30/h5-9,11-13,15,23-24,26,33-39,45,53,59,69H,3-4,10,14,16-22,25H2,1-2H3,(H,51,55)(H,54,64)(H,56,63)(H,57,68)(H,58,65)(H,60,67)(H,61,70)(H,62,66)(H,71,72)(H4,49,50,52). The fourth-order valence-corrected chi connectivity index (χ4v) is 8.12. The molecule has 0 aliphatic carbocycles. The number of nitrogens with zero attached hydrogens (tertiary/aromatic N) is 2. The van der Waals surface area contributed by atoms with E-state index >= 15 is 0 Å². The highest BCUT2D eigenvalue weighted by molar-refractivity contribution is 5.95. The number of nitrogens with one attached hydrogen (secondary N) is 10. The molecule has 1 aliphatic rings. The van der Waals surface area contributed by atoms with Gasteiger partial charge in [-0.3, -0.25) is 43.9 Å². The third-order valence-electron chi connectivity index (χ3n) is 11.9. The third kappa shape index (κ3) is 17.2. The molecular weight excluding hydrogens is 933 g/mol. The number of hydrogen-bond acceptors (Lipinski definition) is 12. The van der Waals surface area contributed by atoms with Crippen molar-refractivity contribution in [3.8, 4) is 0 Å². The van der Waals surface area contributed by atoms with E-state index in [0.29, 0.717) is 29.7 Å². The number of carboxylic acids is 1. The SMILES string of the molecule is CCCCC(NC(C)=O)C(=O)NC1CCC(=O)NCC(C(=O)NC(Cc2c[nH]c3ccccc23)C(=O)O)NC(=O)C(CCCN=C(N)N)NC(=O)C(Cc2ccccc2)NC(O)C(Cc2cnc[nH]2)NC1=O. The van der Waals surface area contributed by atoms with E-state index in [1.54, 1.807) is 60.8 Å². The number of nitrogens with two attached hydrogens (primary N) is 2. The van der Waals surface area contributed by atoms with Gasteiger partial charge < -0.3 is 68.9 Å². The van der Waals surface area contributed by atoms with Crippen LogP contribution in [0.3, 0.4) is 0 Å². The van der Waals surface area contributed by atoms with Crippen molar-refractivity contribution in [3.05, 3.63) is 90.1 Å². The lowest BCUT2D eigenvalue weighted by Gasteiger charge is -2.31. The summed E-state index contributed by atoms with van der Waals surface area (Å²) in [6, 6.07) is 6.42. The molecule has 1 saturated heterocycles. The number of aliphatic carboxylic acids is 1. The number of unbranched alkanes of at least 4 members (excludes halogenated alkanes) is 1. The normalized spacial score (nSPS) is 21.3. The molecule has 0 radical (unpaired) electrons. The minimum Gasteiger partial charge on any atom is -0.480 e. The number of benzene rings is 2. The van der Waals surface area contributed by atoms with Crippen LogP contribution in [0.1, 0.15) is 75.6 Å². The van der Waals surface area contributed by atoms with Crippen LogP contribution >= 0.6 is 0 Å². The van der Waals surface area contributed by atoms with Gasteiger partial charge in [-0.15, -0.1) is 0 Å². The smallest absolute Gasteiger partial charge is 0.326 e. The Morgan fingerprint density at radius 3 is 2.31 bits per heavy atom. The molecule has 8 atom stereocenters. The molecule has 3 heterocycles. The number of hydrogen-bond donors (Lipinski definition) is 14.